The minimum absolute atomic E-state index is 0.276. The van der Waals surface area contributed by atoms with Crippen molar-refractivity contribution in [2.24, 2.45) is 0 Å². The zero-order valence-corrected chi connectivity index (χ0v) is 11.9. The van der Waals surface area contributed by atoms with Crippen molar-refractivity contribution >= 4 is 11.7 Å². The summed E-state index contributed by atoms with van der Waals surface area (Å²) in [4.78, 5) is 14.9. The average molecular weight is 264 g/mol. The molecule has 1 rings (SSSR count). The normalized spacial score (nSPS) is 10.7. The molecule has 0 radical (unpaired) electrons. The third-order valence-corrected chi connectivity index (χ3v) is 3.19. The van der Waals surface area contributed by atoms with Gasteiger partial charge in [0.25, 0.3) is 0 Å². The fourth-order valence-electron chi connectivity index (χ4n) is 1.90. The Morgan fingerprint density at radius 1 is 1.05 bits per heavy atom. The van der Waals surface area contributed by atoms with Crippen molar-refractivity contribution in [3.8, 4) is 0 Å². The lowest BCUT2D eigenvalue weighted by molar-refractivity contribution is -0.137. The van der Waals surface area contributed by atoms with Crippen LogP contribution in [0.2, 0.25) is 0 Å². The molecule has 0 heterocycles. The molecular weight excluding hydrogens is 240 g/mol. The second kappa shape index (κ2) is 8.53. The molecule has 4 nitrogen and oxygen atoms in total. The first-order valence-corrected chi connectivity index (χ1v) is 6.76. The van der Waals surface area contributed by atoms with Crippen LogP contribution < -0.4 is 4.90 Å². The van der Waals surface area contributed by atoms with Gasteiger partial charge in [0.1, 0.15) is 0 Å². The third-order valence-electron chi connectivity index (χ3n) is 3.19. The molecule has 1 N–H and O–H groups in total. The molecule has 0 amide bonds. The standard InChI is InChI=1S/C15H24N2O2/c1-16(11-7-6-10-15(18)19)12-13-17(2)14-8-4-3-5-9-14/h3-5,8-9H,6-7,10-13H2,1-2H3,(H,18,19). The number of hydrogen-bond acceptors (Lipinski definition) is 3. The smallest absolute Gasteiger partial charge is 0.303 e. The Bertz CT molecular complexity index is 368. The van der Waals surface area contributed by atoms with Crippen LogP contribution in [0, 0.1) is 0 Å². The maximum atomic E-state index is 10.4. The van der Waals surface area contributed by atoms with E-state index in [1.165, 1.54) is 5.69 Å². The topological polar surface area (TPSA) is 43.8 Å². The zero-order chi connectivity index (χ0) is 14.1. The van der Waals surface area contributed by atoms with Gasteiger partial charge in [-0.1, -0.05) is 18.2 Å². The highest BCUT2D eigenvalue weighted by Gasteiger charge is 2.03. The summed E-state index contributed by atoms with van der Waals surface area (Å²) in [5.41, 5.74) is 1.22. The first kappa shape index (κ1) is 15.5. The maximum absolute atomic E-state index is 10.4. The Morgan fingerprint density at radius 3 is 2.37 bits per heavy atom. The van der Waals surface area contributed by atoms with E-state index in [0.29, 0.717) is 0 Å². The fraction of sp³-hybridized carbons (Fsp3) is 0.533. The first-order valence-electron chi connectivity index (χ1n) is 6.76. The van der Waals surface area contributed by atoms with Gasteiger partial charge in [-0.2, -0.15) is 0 Å². The van der Waals surface area contributed by atoms with Crippen LogP contribution in [0.15, 0.2) is 30.3 Å². The van der Waals surface area contributed by atoms with E-state index in [9.17, 15) is 4.79 Å². The van der Waals surface area contributed by atoms with Crippen molar-refractivity contribution < 1.29 is 9.90 Å². The molecule has 1 aromatic carbocycles. The maximum Gasteiger partial charge on any atom is 0.303 e. The monoisotopic (exact) mass is 264 g/mol. The molecule has 0 fully saturated rings. The van der Waals surface area contributed by atoms with Crippen LogP contribution in [0.4, 0.5) is 5.69 Å². The molecule has 0 aliphatic heterocycles. The van der Waals surface area contributed by atoms with Gasteiger partial charge in [0.2, 0.25) is 0 Å². The minimum Gasteiger partial charge on any atom is -0.481 e. The van der Waals surface area contributed by atoms with E-state index in [2.05, 4.69) is 36.0 Å². The summed E-state index contributed by atoms with van der Waals surface area (Å²) in [5.74, 6) is -0.702. The van der Waals surface area contributed by atoms with E-state index in [-0.39, 0.29) is 6.42 Å². The van der Waals surface area contributed by atoms with Gasteiger partial charge >= 0.3 is 5.97 Å². The van der Waals surface area contributed by atoms with E-state index >= 15 is 0 Å². The molecule has 0 aromatic heterocycles. The van der Waals surface area contributed by atoms with Crippen molar-refractivity contribution in [1.82, 2.24) is 4.90 Å². The number of anilines is 1. The number of carbonyl (C=O) groups is 1. The van der Waals surface area contributed by atoms with E-state index in [1.807, 2.05) is 18.2 Å². The summed E-state index contributed by atoms with van der Waals surface area (Å²) >= 11 is 0. The summed E-state index contributed by atoms with van der Waals surface area (Å²) in [6, 6.07) is 10.3. The quantitative estimate of drug-likeness (QED) is 0.695. The van der Waals surface area contributed by atoms with Gasteiger partial charge in [0.15, 0.2) is 0 Å². The highest BCUT2D eigenvalue weighted by molar-refractivity contribution is 5.66. The van der Waals surface area contributed by atoms with Crippen LogP contribution in [-0.2, 0) is 4.79 Å². The number of carboxylic acids is 1. The minimum atomic E-state index is -0.702. The summed E-state index contributed by atoms with van der Waals surface area (Å²) in [6.07, 6.45) is 1.98. The van der Waals surface area contributed by atoms with Crippen LogP contribution in [0.1, 0.15) is 19.3 Å². The van der Waals surface area contributed by atoms with Crippen molar-refractivity contribution in [3.63, 3.8) is 0 Å². The van der Waals surface area contributed by atoms with Gasteiger partial charge < -0.3 is 14.9 Å². The van der Waals surface area contributed by atoms with E-state index in [1.54, 1.807) is 0 Å². The van der Waals surface area contributed by atoms with Gasteiger partial charge in [-0.3, -0.25) is 4.79 Å². The summed E-state index contributed by atoms with van der Waals surface area (Å²) < 4.78 is 0. The van der Waals surface area contributed by atoms with E-state index in [0.717, 1.165) is 32.5 Å². The number of para-hydroxylation sites is 1. The highest BCUT2D eigenvalue weighted by Crippen LogP contribution is 2.10. The van der Waals surface area contributed by atoms with Crippen molar-refractivity contribution in [2.75, 3.05) is 38.6 Å². The van der Waals surface area contributed by atoms with Crippen molar-refractivity contribution in [1.29, 1.82) is 0 Å². The average Bonchev–Trinajstić information content (AvgIpc) is 2.41. The molecule has 0 atom stereocenters. The Morgan fingerprint density at radius 2 is 1.74 bits per heavy atom. The molecule has 0 aliphatic carbocycles. The zero-order valence-electron chi connectivity index (χ0n) is 11.9. The Hall–Kier alpha value is -1.55. The summed E-state index contributed by atoms with van der Waals surface area (Å²) in [7, 11) is 4.17. The van der Waals surface area contributed by atoms with E-state index < -0.39 is 5.97 Å². The lowest BCUT2D eigenvalue weighted by Gasteiger charge is -2.23. The van der Waals surface area contributed by atoms with Crippen LogP contribution in [-0.4, -0.2) is 49.7 Å². The number of likely N-dealkylation sites (N-methyl/N-ethyl adjacent to an activating group) is 2. The fourth-order valence-corrected chi connectivity index (χ4v) is 1.90. The van der Waals surface area contributed by atoms with Gasteiger partial charge in [0, 0.05) is 32.2 Å². The number of unbranched alkanes of at least 4 members (excludes halogenated alkanes) is 1. The lowest BCUT2D eigenvalue weighted by atomic mass is 10.2. The number of aliphatic carboxylic acids is 1. The van der Waals surface area contributed by atoms with Crippen molar-refractivity contribution in [3.05, 3.63) is 30.3 Å². The van der Waals surface area contributed by atoms with Crippen LogP contribution in [0.5, 0.6) is 0 Å². The second-order valence-electron chi connectivity index (χ2n) is 4.91. The number of rotatable bonds is 9. The van der Waals surface area contributed by atoms with Crippen LogP contribution in [0.25, 0.3) is 0 Å². The first-order chi connectivity index (χ1) is 9.09. The number of nitrogens with zero attached hydrogens (tertiary/aromatic N) is 2. The Kier molecular flexibility index (Phi) is 6.97. The van der Waals surface area contributed by atoms with E-state index in [4.69, 9.17) is 5.11 Å². The predicted octanol–water partition coefficient (Wildman–Crippen LogP) is 2.31. The molecule has 4 heteroatoms. The summed E-state index contributed by atoms with van der Waals surface area (Å²) in [6.45, 7) is 2.91. The van der Waals surface area contributed by atoms with Gasteiger partial charge in [-0.15, -0.1) is 0 Å². The molecule has 0 unspecified atom stereocenters. The predicted molar refractivity (Wildman–Crippen MR) is 78.7 cm³/mol. The SMILES string of the molecule is CN(CCCCC(=O)O)CCN(C)c1ccccc1. The van der Waals surface area contributed by atoms with Crippen LogP contribution in [0.3, 0.4) is 0 Å². The van der Waals surface area contributed by atoms with Gasteiger partial charge in [0.05, 0.1) is 0 Å². The highest BCUT2D eigenvalue weighted by atomic mass is 16.4. The molecule has 19 heavy (non-hydrogen) atoms. The number of carboxylic acid groups (broad SMARTS) is 1. The molecule has 0 spiro atoms. The molecule has 0 saturated heterocycles. The number of hydrogen-bond donors (Lipinski definition) is 1. The largest absolute Gasteiger partial charge is 0.481 e. The lowest BCUT2D eigenvalue weighted by Crippen LogP contribution is -2.31. The summed E-state index contributed by atoms with van der Waals surface area (Å²) in [5, 5.41) is 8.56. The second-order valence-corrected chi connectivity index (χ2v) is 4.91. The Balaban J connectivity index is 2.16. The number of benzene rings is 1. The molecule has 0 saturated carbocycles. The van der Waals surface area contributed by atoms with Gasteiger partial charge in [-0.25, -0.2) is 0 Å². The molecule has 106 valence electrons. The van der Waals surface area contributed by atoms with Crippen molar-refractivity contribution in [2.45, 2.75) is 19.3 Å². The molecular formula is C15H24N2O2. The Labute approximate surface area is 115 Å². The van der Waals surface area contributed by atoms with Gasteiger partial charge in [-0.05, 0) is 38.6 Å². The molecule has 0 bridgehead atoms. The molecule has 1 aromatic rings. The van der Waals surface area contributed by atoms with Crippen LogP contribution >= 0.6 is 0 Å². The third kappa shape index (κ3) is 6.82. The molecule has 0 aliphatic rings.